The van der Waals surface area contributed by atoms with E-state index in [1.807, 2.05) is 50.3 Å². The monoisotopic (exact) mass is 350 g/mol. The molecule has 21 heavy (non-hydrogen) atoms. The number of cyclic esters (lactones) is 1. The average molecular weight is 351 g/mol. The van der Waals surface area contributed by atoms with Gasteiger partial charge in [-0.25, -0.2) is 0 Å². The molecule has 0 unspecified atom stereocenters. The zero-order chi connectivity index (χ0) is 15.8. The number of ketones is 1. The Labute approximate surface area is 133 Å². The lowest BCUT2D eigenvalue weighted by atomic mass is 9.68. The molecule has 4 heteroatoms. The van der Waals surface area contributed by atoms with Gasteiger partial charge in [-0.15, -0.1) is 0 Å². The number of hydrogen-bond donors (Lipinski definition) is 0. The van der Waals surface area contributed by atoms with Gasteiger partial charge in [0, 0.05) is 4.48 Å². The van der Waals surface area contributed by atoms with E-state index >= 15 is 0 Å². The Hall–Kier alpha value is -1.42. The topological polar surface area (TPSA) is 43.4 Å². The second-order valence-electron chi connectivity index (χ2n) is 6.40. The van der Waals surface area contributed by atoms with Gasteiger partial charge in [-0.2, -0.15) is 0 Å². The molecule has 1 aromatic rings. The molecule has 2 rings (SSSR count). The minimum absolute atomic E-state index is 0.102. The van der Waals surface area contributed by atoms with Gasteiger partial charge in [-0.1, -0.05) is 46.3 Å². The molecule has 0 radical (unpaired) electrons. The van der Waals surface area contributed by atoms with Gasteiger partial charge in [0.15, 0.2) is 5.78 Å². The van der Waals surface area contributed by atoms with E-state index in [4.69, 9.17) is 4.74 Å². The molecule has 0 aromatic heterocycles. The number of hydrogen-bond acceptors (Lipinski definition) is 3. The van der Waals surface area contributed by atoms with Crippen molar-refractivity contribution < 1.29 is 14.3 Å². The minimum Gasteiger partial charge on any atom is -0.455 e. The van der Waals surface area contributed by atoms with E-state index in [1.54, 1.807) is 13.8 Å². The number of benzene rings is 1. The van der Waals surface area contributed by atoms with E-state index in [9.17, 15) is 9.59 Å². The summed E-state index contributed by atoms with van der Waals surface area (Å²) < 4.78 is 6.24. The van der Waals surface area contributed by atoms with Crippen LogP contribution in [0.3, 0.4) is 0 Å². The van der Waals surface area contributed by atoms with Gasteiger partial charge in [-0.05, 0) is 39.3 Å². The van der Waals surface area contributed by atoms with E-state index in [-0.39, 0.29) is 5.78 Å². The third-order valence-corrected chi connectivity index (χ3v) is 4.54. The fourth-order valence-electron chi connectivity index (χ4n) is 2.60. The van der Waals surface area contributed by atoms with Crippen LogP contribution in [0, 0.1) is 10.8 Å². The van der Waals surface area contributed by atoms with Crippen LogP contribution in [0.15, 0.2) is 34.8 Å². The summed E-state index contributed by atoms with van der Waals surface area (Å²) in [5.74, 6) is -0.579. The Kier molecular flexibility index (Phi) is 4.11. The molecular weight excluding hydrogens is 332 g/mol. The minimum atomic E-state index is -1.10. The van der Waals surface area contributed by atoms with Crippen molar-refractivity contribution in [3.63, 3.8) is 0 Å². The van der Waals surface area contributed by atoms with Gasteiger partial charge >= 0.3 is 5.97 Å². The molecule has 1 aliphatic rings. The second kappa shape index (κ2) is 5.41. The summed E-state index contributed by atoms with van der Waals surface area (Å²) in [6, 6.07) is 9.69. The maximum Gasteiger partial charge on any atom is 0.319 e. The number of esters is 1. The molecule has 1 atom stereocenters. The lowest BCUT2D eigenvalue weighted by molar-refractivity contribution is -0.181. The van der Waals surface area contributed by atoms with E-state index < -0.39 is 22.9 Å². The molecule has 1 fully saturated rings. The van der Waals surface area contributed by atoms with Crippen LogP contribution in [-0.2, 0) is 14.3 Å². The van der Waals surface area contributed by atoms with Gasteiger partial charge in [-0.3, -0.25) is 9.59 Å². The van der Waals surface area contributed by atoms with Crippen LogP contribution >= 0.6 is 15.9 Å². The Morgan fingerprint density at radius 3 is 2.29 bits per heavy atom. The predicted molar refractivity (Wildman–Crippen MR) is 85.8 cm³/mol. The molecule has 1 aliphatic heterocycles. The molecular formula is C17H19BrO3. The van der Waals surface area contributed by atoms with Gasteiger partial charge < -0.3 is 4.74 Å². The highest BCUT2D eigenvalue weighted by Crippen LogP contribution is 2.44. The van der Waals surface area contributed by atoms with Crippen molar-refractivity contribution in [3.05, 3.63) is 40.4 Å². The molecule has 0 amide bonds. The first kappa shape index (κ1) is 16.0. The van der Waals surface area contributed by atoms with Crippen LogP contribution < -0.4 is 0 Å². The van der Waals surface area contributed by atoms with Crippen molar-refractivity contribution in [2.45, 2.75) is 33.8 Å². The molecule has 0 aliphatic carbocycles. The van der Waals surface area contributed by atoms with Crippen LogP contribution in [-0.4, -0.2) is 17.9 Å². The molecule has 0 bridgehead atoms. The number of Topliss-reactive ketones (excluding diaryl/α,β-unsaturated/α-hetero) is 1. The highest BCUT2D eigenvalue weighted by molar-refractivity contribution is 9.11. The van der Waals surface area contributed by atoms with Gasteiger partial charge in [0.2, 0.25) is 0 Å². The second-order valence-corrected chi connectivity index (χ2v) is 7.32. The fraction of sp³-hybridized carbons (Fsp3) is 0.412. The standard InChI is InChI=1S/C17H19BrO3/c1-16(2)13(21-15(20)17(3,4)14(16)19)12(18)10-11-8-6-5-7-9-11/h5-10,13H,1-4H3/b12-10+/t13-/m0/s1. The maximum absolute atomic E-state index is 12.6. The fourth-order valence-corrected chi connectivity index (χ4v) is 3.53. The van der Waals surface area contributed by atoms with Crippen molar-refractivity contribution in [3.8, 4) is 0 Å². The van der Waals surface area contributed by atoms with Gasteiger partial charge in [0.1, 0.15) is 11.5 Å². The first-order valence-corrected chi connectivity index (χ1v) is 7.65. The largest absolute Gasteiger partial charge is 0.455 e. The highest BCUT2D eigenvalue weighted by atomic mass is 79.9. The molecule has 1 saturated heterocycles. The number of ether oxygens (including phenoxy) is 1. The Morgan fingerprint density at radius 1 is 1.14 bits per heavy atom. The number of carbonyl (C=O) groups is 2. The van der Waals surface area contributed by atoms with Crippen LogP contribution in [0.4, 0.5) is 0 Å². The van der Waals surface area contributed by atoms with Crippen LogP contribution in [0.5, 0.6) is 0 Å². The van der Waals surface area contributed by atoms with Crippen molar-refractivity contribution in [2.24, 2.45) is 10.8 Å². The first-order valence-electron chi connectivity index (χ1n) is 6.85. The molecule has 3 nitrogen and oxygen atoms in total. The first-order chi connectivity index (χ1) is 9.67. The zero-order valence-corrected chi connectivity index (χ0v) is 14.2. The molecule has 1 heterocycles. The normalized spacial score (nSPS) is 24.6. The highest BCUT2D eigenvalue weighted by Gasteiger charge is 2.55. The zero-order valence-electron chi connectivity index (χ0n) is 12.6. The molecule has 0 N–H and O–H groups in total. The third kappa shape index (κ3) is 2.82. The number of rotatable bonds is 2. The summed E-state index contributed by atoms with van der Waals surface area (Å²) in [5, 5.41) is 0. The van der Waals surface area contributed by atoms with Crippen LogP contribution in [0.1, 0.15) is 33.3 Å². The molecule has 112 valence electrons. The van der Waals surface area contributed by atoms with E-state index in [0.717, 1.165) is 5.56 Å². The quantitative estimate of drug-likeness (QED) is 0.598. The van der Waals surface area contributed by atoms with Crippen LogP contribution in [0.25, 0.3) is 6.08 Å². The summed E-state index contributed by atoms with van der Waals surface area (Å²) >= 11 is 3.48. The summed E-state index contributed by atoms with van der Waals surface area (Å²) in [7, 11) is 0. The van der Waals surface area contributed by atoms with Crippen molar-refractivity contribution >= 4 is 33.8 Å². The Balaban J connectivity index is 2.38. The maximum atomic E-state index is 12.6. The van der Waals surface area contributed by atoms with E-state index in [0.29, 0.717) is 4.48 Å². The molecule has 1 aromatic carbocycles. The summed E-state index contributed by atoms with van der Waals surface area (Å²) in [6.45, 7) is 6.86. The average Bonchev–Trinajstić information content (AvgIpc) is 2.42. The van der Waals surface area contributed by atoms with E-state index in [1.165, 1.54) is 0 Å². The summed E-state index contributed by atoms with van der Waals surface area (Å²) in [5.41, 5.74) is -0.893. The SMILES string of the molecule is CC1(C)C(=O)O[C@@H](/C(Br)=C\c2ccccc2)C(C)(C)C1=O. The van der Waals surface area contributed by atoms with Crippen molar-refractivity contribution in [1.82, 2.24) is 0 Å². The molecule has 0 saturated carbocycles. The third-order valence-electron chi connectivity index (χ3n) is 3.90. The Bertz CT molecular complexity index is 600. The van der Waals surface area contributed by atoms with Gasteiger partial charge in [0.25, 0.3) is 0 Å². The predicted octanol–water partition coefficient (Wildman–Crippen LogP) is 3.97. The van der Waals surface area contributed by atoms with E-state index in [2.05, 4.69) is 15.9 Å². The Morgan fingerprint density at radius 2 is 1.71 bits per heavy atom. The lowest BCUT2D eigenvalue weighted by Gasteiger charge is -2.43. The van der Waals surface area contributed by atoms with Crippen molar-refractivity contribution in [1.29, 1.82) is 0 Å². The van der Waals surface area contributed by atoms with Crippen molar-refractivity contribution in [2.75, 3.05) is 0 Å². The smallest absolute Gasteiger partial charge is 0.319 e. The summed E-state index contributed by atoms with van der Waals surface area (Å²) in [4.78, 5) is 24.7. The molecule has 0 spiro atoms. The lowest BCUT2D eigenvalue weighted by Crippen LogP contribution is -2.56. The van der Waals surface area contributed by atoms with Crippen LogP contribution in [0.2, 0.25) is 0 Å². The van der Waals surface area contributed by atoms with Gasteiger partial charge in [0.05, 0.1) is 5.41 Å². The number of halogens is 1. The summed E-state index contributed by atoms with van der Waals surface area (Å²) in [6.07, 6.45) is 1.27. The number of carbonyl (C=O) groups excluding carboxylic acids is 2.